The van der Waals surface area contributed by atoms with E-state index in [0.29, 0.717) is 18.7 Å². The van der Waals surface area contributed by atoms with Crippen LogP contribution in [0.4, 0.5) is 0 Å². The summed E-state index contributed by atoms with van der Waals surface area (Å²) in [4.78, 5) is 12.0. The van der Waals surface area contributed by atoms with E-state index in [1.54, 1.807) is 19.1 Å². The molecule has 1 aromatic rings. The van der Waals surface area contributed by atoms with E-state index in [1.165, 1.54) is 0 Å². The Bertz CT molecular complexity index is 362. The molecule has 0 spiro atoms. The Labute approximate surface area is 108 Å². The standard InChI is InChI=1S/C14H21NO3/c1-3-10-18-13-6-4-12(5-7-13)14(17)11(2)15-8-9-16/h4-7,11,15-16H,3,8-10H2,1-2H3. The number of hydrogen-bond acceptors (Lipinski definition) is 4. The largest absolute Gasteiger partial charge is 0.494 e. The molecule has 0 radical (unpaired) electrons. The summed E-state index contributed by atoms with van der Waals surface area (Å²) in [5.41, 5.74) is 0.650. The Morgan fingerprint density at radius 2 is 2.06 bits per heavy atom. The molecule has 0 saturated heterocycles. The van der Waals surface area contributed by atoms with E-state index in [2.05, 4.69) is 5.32 Å². The van der Waals surface area contributed by atoms with Gasteiger partial charge in [-0.3, -0.25) is 4.79 Å². The maximum absolute atomic E-state index is 12.0. The number of aliphatic hydroxyl groups excluding tert-OH is 1. The Morgan fingerprint density at radius 1 is 1.39 bits per heavy atom. The number of ketones is 1. The van der Waals surface area contributed by atoms with E-state index in [-0.39, 0.29) is 18.4 Å². The van der Waals surface area contributed by atoms with Crippen LogP contribution in [0.25, 0.3) is 0 Å². The summed E-state index contributed by atoms with van der Waals surface area (Å²) < 4.78 is 5.46. The van der Waals surface area contributed by atoms with Crippen molar-refractivity contribution in [3.8, 4) is 5.75 Å². The average molecular weight is 251 g/mol. The molecular weight excluding hydrogens is 230 g/mol. The van der Waals surface area contributed by atoms with Crippen molar-refractivity contribution >= 4 is 5.78 Å². The van der Waals surface area contributed by atoms with E-state index >= 15 is 0 Å². The molecule has 1 aromatic carbocycles. The van der Waals surface area contributed by atoms with Gasteiger partial charge in [0.2, 0.25) is 0 Å². The molecule has 4 nitrogen and oxygen atoms in total. The molecule has 1 unspecified atom stereocenters. The van der Waals surface area contributed by atoms with Crippen LogP contribution in [-0.4, -0.2) is 36.7 Å². The van der Waals surface area contributed by atoms with Crippen molar-refractivity contribution in [3.63, 3.8) is 0 Å². The lowest BCUT2D eigenvalue weighted by atomic mass is 10.1. The van der Waals surface area contributed by atoms with Gasteiger partial charge in [0.15, 0.2) is 5.78 Å². The SMILES string of the molecule is CCCOc1ccc(C(=O)C(C)NCCO)cc1. The molecule has 0 bridgehead atoms. The van der Waals surface area contributed by atoms with Gasteiger partial charge in [0.25, 0.3) is 0 Å². The normalized spacial score (nSPS) is 12.2. The number of ether oxygens (including phenoxy) is 1. The fraction of sp³-hybridized carbons (Fsp3) is 0.500. The van der Waals surface area contributed by atoms with Crippen molar-refractivity contribution in [2.24, 2.45) is 0 Å². The van der Waals surface area contributed by atoms with Gasteiger partial charge in [0.05, 0.1) is 19.3 Å². The molecule has 0 aromatic heterocycles. The second kappa shape index (κ2) is 7.84. The summed E-state index contributed by atoms with van der Waals surface area (Å²) >= 11 is 0. The number of benzene rings is 1. The zero-order chi connectivity index (χ0) is 13.4. The molecule has 100 valence electrons. The second-order valence-electron chi connectivity index (χ2n) is 4.14. The van der Waals surface area contributed by atoms with Crippen molar-refractivity contribution in [2.75, 3.05) is 19.8 Å². The van der Waals surface area contributed by atoms with Crippen LogP contribution in [0.1, 0.15) is 30.6 Å². The highest BCUT2D eigenvalue weighted by molar-refractivity contribution is 5.99. The lowest BCUT2D eigenvalue weighted by Gasteiger charge is -2.12. The molecule has 4 heteroatoms. The summed E-state index contributed by atoms with van der Waals surface area (Å²) in [6.07, 6.45) is 0.961. The quantitative estimate of drug-likeness (QED) is 0.689. The Morgan fingerprint density at radius 3 is 2.61 bits per heavy atom. The van der Waals surface area contributed by atoms with Crippen LogP contribution in [0.5, 0.6) is 5.75 Å². The molecule has 18 heavy (non-hydrogen) atoms. The predicted molar refractivity (Wildman–Crippen MR) is 71.1 cm³/mol. The molecule has 0 saturated carbocycles. The van der Waals surface area contributed by atoms with Gasteiger partial charge in [-0.05, 0) is 37.6 Å². The summed E-state index contributed by atoms with van der Waals surface area (Å²) in [6, 6.07) is 6.86. The van der Waals surface area contributed by atoms with Crippen molar-refractivity contribution in [2.45, 2.75) is 26.3 Å². The first-order valence-corrected chi connectivity index (χ1v) is 6.30. The van der Waals surface area contributed by atoms with E-state index < -0.39 is 0 Å². The second-order valence-corrected chi connectivity index (χ2v) is 4.14. The van der Waals surface area contributed by atoms with Crippen LogP contribution in [-0.2, 0) is 0 Å². The van der Waals surface area contributed by atoms with Gasteiger partial charge in [0.1, 0.15) is 5.75 Å². The van der Waals surface area contributed by atoms with Crippen LogP contribution in [0, 0.1) is 0 Å². The third kappa shape index (κ3) is 4.47. The predicted octanol–water partition coefficient (Wildman–Crippen LogP) is 1.63. The number of rotatable bonds is 8. The Balaban J connectivity index is 2.58. The third-order valence-electron chi connectivity index (χ3n) is 2.57. The molecule has 2 N–H and O–H groups in total. The van der Waals surface area contributed by atoms with Crippen molar-refractivity contribution in [3.05, 3.63) is 29.8 Å². The average Bonchev–Trinajstić information content (AvgIpc) is 2.42. The van der Waals surface area contributed by atoms with Gasteiger partial charge in [-0.1, -0.05) is 6.92 Å². The highest BCUT2D eigenvalue weighted by atomic mass is 16.5. The minimum atomic E-state index is -0.292. The highest BCUT2D eigenvalue weighted by Crippen LogP contribution is 2.13. The van der Waals surface area contributed by atoms with Crippen molar-refractivity contribution < 1.29 is 14.6 Å². The van der Waals surface area contributed by atoms with Crippen molar-refractivity contribution in [1.29, 1.82) is 0 Å². The first-order valence-electron chi connectivity index (χ1n) is 6.30. The monoisotopic (exact) mass is 251 g/mol. The van der Waals surface area contributed by atoms with Crippen LogP contribution < -0.4 is 10.1 Å². The van der Waals surface area contributed by atoms with Crippen LogP contribution in [0.15, 0.2) is 24.3 Å². The number of nitrogens with one attached hydrogen (secondary N) is 1. The maximum Gasteiger partial charge on any atom is 0.179 e. The van der Waals surface area contributed by atoms with E-state index in [4.69, 9.17) is 9.84 Å². The molecule has 0 fully saturated rings. The minimum Gasteiger partial charge on any atom is -0.494 e. The first-order chi connectivity index (χ1) is 8.69. The fourth-order valence-corrected chi connectivity index (χ4v) is 1.56. The molecule has 0 aliphatic heterocycles. The zero-order valence-electron chi connectivity index (χ0n) is 11.0. The number of Topliss-reactive ketones (excluding diaryl/α,β-unsaturated/α-hetero) is 1. The van der Waals surface area contributed by atoms with Gasteiger partial charge in [-0.25, -0.2) is 0 Å². The van der Waals surface area contributed by atoms with E-state index in [1.807, 2.05) is 19.1 Å². The molecule has 1 atom stereocenters. The number of hydrogen-bond donors (Lipinski definition) is 2. The molecule has 0 amide bonds. The number of aliphatic hydroxyl groups is 1. The van der Waals surface area contributed by atoms with E-state index in [9.17, 15) is 4.79 Å². The minimum absolute atomic E-state index is 0.0190. The molecule has 0 aliphatic rings. The van der Waals surface area contributed by atoms with Gasteiger partial charge < -0.3 is 15.2 Å². The summed E-state index contributed by atoms with van der Waals surface area (Å²) in [6.45, 7) is 4.97. The van der Waals surface area contributed by atoms with Gasteiger partial charge in [-0.15, -0.1) is 0 Å². The Hall–Kier alpha value is -1.39. The Kier molecular flexibility index (Phi) is 6.39. The molecular formula is C14H21NO3. The van der Waals surface area contributed by atoms with Gasteiger partial charge in [-0.2, -0.15) is 0 Å². The molecule has 0 aliphatic carbocycles. The smallest absolute Gasteiger partial charge is 0.179 e. The number of carbonyl (C=O) groups is 1. The molecule has 1 rings (SSSR count). The zero-order valence-corrected chi connectivity index (χ0v) is 11.0. The van der Waals surface area contributed by atoms with Gasteiger partial charge >= 0.3 is 0 Å². The van der Waals surface area contributed by atoms with Crippen LogP contribution >= 0.6 is 0 Å². The topological polar surface area (TPSA) is 58.6 Å². The molecule has 0 heterocycles. The first kappa shape index (κ1) is 14.7. The van der Waals surface area contributed by atoms with Gasteiger partial charge in [0, 0.05) is 12.1 Å². The summed E-state index contributed by atoms with van der Waals surface area (Å²) in [5.74, 6) is 0.801. The van der Waals surface area contributed by atoms with Crippen LogP contribution in [0.3, 0.4) is 0 Å². The summed E-state index contributed by atoms with van der Waals surface area (Å²) in [7, 11) is 0. The number of carbonyl (C=O) groups excluding carboxylic acids is 1. The van der Waals surface area contributed by atoms with Crippen molar-refractivity contribution in [1.82, 2.24) is 5.32 Å². The highest BCUT2D eigenvalue weighted by Gasteiger charge is 2.13. The van der Waals surface area contributed by atoms with Crippen LogP contribution in [0.2, 0.25) is 0 Å². The summed E-state index contributed by atoms with van der Waals surface area (Å²) in [5, 5.41) is 11.6. The third-order valence-corrected chi connectivity index (χ3v) is 2.57. The lowest BCUT2D eigenvalue weighted by Crippen LogP contribution is -2.35. The maximum atomic E-state index is 12.0. The van der Waals surface area contributed by atoms with E-state index in [0.717, 1.165) is 12.2 Å². The fourth-order valence-electron chi connectivity index (χ4n) is 1.56. The lowest BCUT2D eigenvalue weighted by molar-refractivity contribution is 0.0948.